The van der Waals surface area contributed by atoms with Crippen molar-refractivity contribution in [2.45, 2.75) is 30.5 Å². The second-order valence-electron chi connectivity index (χ2n) is 8.69. The number of ether oxygens (including phenoxy) is 2. The van der Waals surface area contributed by atoms with Crippen LogP contribution in [0.5, 0.6) is 0 Å². The van der Waals surface area contributed by atoms with Crippen molar-refractivity contribution in [2.75, 3.05) is 25.1 Å². The lowest BCUT2D eigenvalue weighted by molar-refractivity contribution is -0.154. The maximum Gasteiger partial charge on any atom is 0.338 e. The van der Waals surface area contributed by atoms with E-state index in [1.165, 1.54) is 24.3 Å². The van der Waals surface area contributed by atoms with Crippen molar-refractivity contribution in [3.63, 3.8) is 0 Å². The number of hydrogen-bond donors (Lipinski definition) is 1. The molecule has 3 fully saturated rings. The quantitative estimate of drug-likeness (QED) is 0.323. The van der Waals surface area contributed by atoms with Crippen LogP contribution in [0.25, 0.3) is 0 Å². The van der Waals surface area contributed by atoms with Gasteiger partial charge in [-0.1, -0.05) is 6.92 Å². The molecule has 1 N–H and O–H groups in total. The van der Waals surface area contributed by atoms with E-state index < -0.39 is 54.6 Å². The Hall–Kier alpha value is -2.65. The standard InChI is InChI=1S/C23H24Cl2N2O7/c1-2-7-33-23(32)11-3-5-12(6-4-11)26-15(28)10-34-16(29)9-27-21(30)17-13-8-14(18(17)22(27)31)20(25)19(13)24/h3-6,13-14,17-20H,2,7-10H2,1H3,(H,26,28)/t13-,14-,17-,18-,19-,20+/m1/s1. The molecule has 2 saturated carbocycles. The van der Waals surface area contributed by atoms with Crippen molar-refractivity contribution >= 4 is 58.5 Å². The van der Waals surface area contributed by atoms with Gasteiger partial charge in [-0.3, -0.25) is 24.1 Å². The summed E-state index contributed by atoms with van der Waals surface area (Å²) < 4.78 is 9.98. The summed E-state index contributed by atoms with van der Waals surface area (Å²) >= 11 is 12.6. The number of fused-ring (bicyclic) bond motifs is 5. The summed E-state index contributed by atoms with van der Waals surface area (Å²) in [5, 5.41) is 1.78. The molecule has 1 saturated heterocycles. The summed E-state index contributed by atoms with van der Waals surface area (Å²) in [6.07, 6.45) is 1.34. The number of alkyl halides is 2. The average molecular weight is 511 g/mol. The molecule has 6 atom stereocenters. The Bertz CT molecular complexity index is 983. The predicted octanol–water partition coefficient (Wildman–Crippen LogP) is 2.20. The number of hydrogen-bond acceptors (Lipinski definition) is 7. The second-order valence-corrected chi connectivity index (χ2v) is 9.70. The van der Waals surface area contributed by atoms with Gasteiger partial charge in [-0.05, 0) is 48.9 Å². The van der Waals surface area contributed by atoms with Crippen molar-refractivity contribution in [3.8, 4) is 0 Å². The summed E-state index contributed by atoms with van der Waals surface area (Å²) in [6.45, 7) is 1.05. The molecule has 9 nitrogen and oxygen atoms in total. The number of likely N-dealkylation sites (tertiary alicyclic amines) is 1. The molecule has 1 aromatic rings. The molecular weight excluding hydrogens is 487 g/mol. The molecule has 3 aliphatic rings. The van der Waals surface area contributed by atoms with Crippen LogP contribution in [0, 0.1) is 23.7 Å². The minimum atomic E-state index is -0.872. The molecule has 2 bridgehead atoms. The molecule has 0 spiro atoms. The zero-order chi connectivity index (χ0) is 24.6. The second kappa shape index (κ2) is 9.92. The van der Waals surface area contributed by atoms with Gasteiger partial charge in [-0.25, -0.2) is 4.79 Å². The van der Waals surface area contributed by atoms with E-state index in [0.29, 0.717) is 30.7 Å². The normalized spacial score (nSPS) is 29.2. The monoisotopic (exact) mass is 510 g/mol. The van der Waals surface area contributed by atoms with Crippen LogP contribution < -0.4 is 5.32 Å². The number of nitrogens with one attached hydrogen (secondary N) is 1. The number of halogens is 2. The Balaban J connectivity index is 1.25. The average Bonchev–Trinajstić information content (AvgIpc) is 3.43. The summed E-state index contributed by atoms with van der Waals surface area (Å²) in [5.74, 6) is -4.26. The fourth-order valence-corrected chi connectivity index (χ4v) is 5.94. The highest BCUT2D eigenvalue weighted by Crippen LogP contribution is 2.59. The molecule has 0 radical (unpaired) electrons. The highest BCUT2D eigenvalue weighted by atomic mass is 35.5. The van der Waals surface area contributed by atoms with Crippen LogP contribution in [-0.2, 0) is 28.7 Å². The molecule has 11 heteroatoms. The third-order valence-corrected chi connectivity index (χ3v) is 7.89. The van der Waals surface area contributed by atoms with Gasteiger partial charge < -0.3 is 14.8 Å². The first kappa shape index (κ1) is 24.5. The highest BCUT2D eigenvalue weighted by Gasteiger charge is 2.66. The first-order valence-corrected chi connectivity index (χ1v) is 12.0. The molecule has 182 valence electrons. The fourth-order valence-electron chi connectivity index (χ4n) is 5.05. The largest absolute Gasteiger partial charge is 0.462 e. The van der Waals surface area contributed by atoms with Gasteiger partial charge in [0, 0.05) is 5.69 Å². The molecule has 0 aromatic heterocycles. The smallest absolute Gasteiger partial charge is 0.338 e. The molecule has 34 heavy (non-hydrogen) atoms. The highest BCUT2D eigenvalue weighted by molar-refractivity contribution is 6.31. The third kappa shape index (κ3) is 4.51. The van der Waals surface area contributed by atoms with Gasteiger partial charge >= 0.3 is 11.9 Å². The first-order chi connectivity index (χ1) is 16.2. The van der Waals surface area contributed by atoms with Crippen molar-refractivity contribution in [1.82, 2.24) is 4.90 Å². The Kier molecular flexibility index (Phi) is 7.14. The molecule has 1 aliphatic heterocycles. The van der Waals surface area contributed by atoms with Gasteiger partial charge in [0.25, 0.3) is 5.91 Å². The van der Waals surface area contributed by atoms with Gasteiger partial charge in [-0.2, -0.15) is 0 Å². The first-order valence-electron chi connectivity index (χ1n) is 11.1. The van der Waals surface area contributed by atoms with Crippen molar-refractivity contribution in [2.24, 2.45) is 23.7 Å². The minimum absolute atomic E-state index is 0.178. The van der Waals surface area contributed by atoms with Gasteiger partial charge in [0.1, 0.15) is 6.54 Å². The number of nitrogens with zero attached hydrogens (tertiary/aromatic N) is 1. The van der Waals surface area contributed by atoms with Crippen molar-refractivity contribution < 1.29 is 33.4 Å². The zero-order valence-electron chi connectivity index (χ0n) is 18.4. The van der Waals surface area contributed by atoms with E-state index in [0.717, 1.165) is 4.90 Å². The Morgan fingerprint density at radius 2 is 1.59 bits per heavy atom. The molecule has 2 aliphatic carbocycles. The molecule has 1 aromatic carbocycles. The molecule has 1 heterocycles. The SMILES string of the molecule is CCCOC(=O)c1ccc(NC(=O)COC(=O)CN2C(=O)[C@@H]3[C@H]4C[C@@H]([C@@H](Cl)[C@H]4Cl)[C@H]3C2=O)cc1. The van der Waals surface area contributed by atoms with Gasteiger partial charge in [0.05, 0.1) is 34.8 Å². The lowest BCUT2D eigenvalue weighted by Gasteiger charge is -2.28. The predicted molar refractivity (Wildman–Crippen MR) is 121 cm³/mol. The Labute approximate surface area is 206 Å². The molecule has 4 rings (SSSR count). The summed E-state index contributed by atoms with van der Waals surface area (Å²) in [4.78, 5) is 62.6. The Morgan fingerprint density at radius 3 is 2.15 bits per heavy atom. The lowest BCUT2D eigenvalue weighted by atomic mass is 9.80. The van der Waals surface area contributed by atoms with Gasteiger partial charge in [0.15, 0.2) is 6.61 Å². The van der Waals surface area contributed by atoms with E-state index in [9.17, 15) is 24.0 Å². The van der Waals surface area contributed by atoms with Crippen LogP contribution in [0.2, 0.25) is 0 Å². The maximum absolute atomic E-state index is 12.8. The van der Waals surface area contributed by atoms with E-state index in [2.05, 4.69) is 5.32 Å². The third-order valence-electron chi connectivity index (χ3n) is 6.57. The molecular formula is C23H24Cl2N2O7. The molecule has 3 amide bonds. The lowest BCUT2D eigenvalue weighted by Crippen LogP contribution is -2.38. The zero-order valence-corrected chi connectivity index (χ0v) is 19.9. The van der Waals surface area contributed by atoms with Crippen LogP contribution in [0.1, 0.15) is 30.1 Å². The maximum atomic E-state index is 12.8. The van der Waals surface area contributed by atoms with Crippen molar-refractivity contribution in [1.29, 1.82) is 0 Å². The number of esters is 2. The van der Waals surface area contributed by atoms with Crippen LogP contribution >= 0.6 is 23.2 Å². The number of amides is 3. The van der Waals surface area contributed by atoms with E-state index >= 15 is 0 Å². The number of benzene rings is 1. The van der Waals surface area contributed by atoms with E-state index in [4.69, 9.17) is 32.7 Å². The van der Waals surface area contributed by atoms with Crippen LogP contribution in [-0.4, -0.2) is 65.1 Å². The number of carbonyl (C=O) groups excluding carboxylic acids is 5. The van der Waals surface area contributed by atoms with Crippen LogP contribution in [0.15, 0.2) is 24.3 Å². The summed E-state index contributed by atoms with van der Waals surface area (Å²) in [7, 11) is 0. The van der Waals surface area contributed by atoms with E-state index in [1.807, 2.05) is 6.92 Å². The van der Waals surface area contributed by atoms with E-state index in [1.54, 1.807) is 0 Å². The number of anilines is 1. The topological polar surface area (TPSA) is 119 Å². The van der Waals surface area contributed by atoms with Crippen LogP contribution in [0.3, 0.4) is 0 Å². The minimum Gasteiger partial charge on any atom is -0.462 e. The summed E-state index contributed by atoms with van der Waals surface area (Å²) in [6, 6.07) is 6.05. The number of imide groups is 1. The molecule has 0 unspecified atom stereocenters. The fraction of sp³-hybridized carbons (Fsp3) is 0.522. The van der Waals surface area contributed by atoms with Gasteiger partial charge in [-0.15, -0.1) is 23.2 Å². The van der Waals surface area contributed by atoms with Gasteiger partial charge in [0.2, 0.25) is 11.8 Å². The number of rotatable bonds is 8. The van der Waals surface area contributed by atoms with E-state index in [-0.39, 0.29) is 22.6 Å². The number of carbonyl (C=O) groups is 5. The Morgan fingerprint density at radius 1 is 1.00 bits per heavy atom. The summed E-state index contributed by atoms with van der Waals surface area (Å²) in [5.41, 5.74) is 0.740. The van der Waals surface area contributed by atoms with Crippen molar-refractivity contribution in [3.05, 3.63) is 29.8 Å². The van der Waals surface area contributed by atoms with Crippen LogP contribution in [0.4, 0.5) is 5.69 Å².